The Kier molecular flexibility index (Phi) is 5.99. The number of carbonyl (C=O) groups excluding carboxylic acids is 2. The van der Waals surface area contributed by atoms with Crippen molar-refractivity contribution in [3.8, 4) is 0 Å². The molecule has 0 unspecified atom stereocenters. The van der Waals surface area contributed by atoms with Crippen LogP contribution in [-0.2, 0) is 24.3 Å². The number of hydrogen-bond acceptors (Lipinski definition) is 5. The van der Waals surface area contributed by atoms with E-state index in [4.69, 9.17) is 16.3 Å². The first-order valence-electron chi connectivity index (χ1n) is 8.42. The predicted octanol–water partition coefficient (Wildman–Crippen LogP) is 0.171. The van der Waals surface area contributed by atoms with Gasteiger partial charge in [0.05, 0.1) is 18.2 Å². The van der Waals surface area contributed by atoms with E-state index in [0.29, 0.717) is 26.3 Å². The van der Waals surface area contributed by atoms with Crippen LogP contribution in [0.25, 0.3) is 0 Å². The number of halogens is 2. The topological polar surface area (TPSA) is 87.2 Å². The van der Waals surface area contributed by atoms with E-state index in [1.54, 1.807) is 0 Å². The summed E-state index contributed by atoms with van der Waals surface area (Å²) in [4.78, 5) is 26.9. The van der Waals surface area contributed by atoms with Crippen molar-refractivity contribution in [1.29, 1.82) is 0 Å². The van der Waals surface area contributed by atoms with Gasteiger partial charge < -0.3 is 14.5 Å². The lowest BCUT2D eigenvalue weighted by Gasteiger charge is -2.35. The number of carbonyl (C=O) groups is 2. The van der Waals surface area contributed by atoms with Gasteiger partial charge in [-0.2, -0.15) is 4.31 Å². The highest BCUT2D eigenvalue weighted by atomic mass is 35.5. The molecule has 2 fully saturated rings. The van der Waals surface area contributed by atoms with Crippen LogP contribution in [0.2, 0.25) is 5.02 Å². The maximum Gasteiger partial charge on any atom is 0.312 e. The third-order valence-corrected chi connectivity index (χ3v) is 6.75. The smallest absolute Gasteiger partial charge is 0.312 e. The Morgan fingerprint density at radius 2 is 1.52 bits per heavy atom. The molecule has 3 rings (SSSR count). The van der Waals surface area contributed by atoms with Gasteiger partial charge in [-0.05, 0) is 12.1 Å². The van der Waals surface area contributed by atoms with Gasteiger partial charge in [0.15, 0.2) is 5.82 Å². The Balaban J connectivity index is 1.65. The molecule has 1 aromatic rings. The van der Waals surface area contributed by atoms with Gasteiger partial charge in [-0.15, -0.1) is 0 Å². The fourth-order valence-corrected chi connectivity index (χ4v) is 4.73. The fourth-order valence-electron chi connectivity index (χ4n) is 2.99. The maximum absolute atomic E-state index is 14.1. The number of sulfonamides is 1. The molecule has 27 heavy (non-hydrogen) atoms. The molecular weight excluding hydrogens is 401 g/mol. The molecule has 0 aliphatic carbocycles. The molecule has 0 radical (unpaired) electrons. The number of nitrogens with zero attached hydrogens (tertiary/aromatic N) is 3. The van der Waals surface area contributed by atoms with Crippen LogP contribution in [-0.4, -0.2) is 86.8 Å². The predicted molar refractivity (Wildman–Crippen MR) is 94.1 cm³/mol. The van der Waals surface area contributed by atoms with Crippen LogP contribution in [0.15, 0.2) is 23.1 Å². The lowest BCUT2D eigenvalue weighted by molar-refractivity contribution is -0.154. The summed E-state index contributed by atoms with van der Waals surface area (Å²) < 4.78 is 45.7. The average molecular weight is 420 g/mol. The van der Waals surface area contributed by atoms with Gasteiger partial charge in [0.1, 0.15) is 4.90 Å². The molecule has 2 heterocycles. The van der Waals surface area contributed by atoms with Crippen molar-refractivity contribution in [3.05, 3.63) is 29.0 Å². The van der Waals surface area contributed by atoms with Crippen LogP contribution in [0.4, 0.5) is 4.39 Å². The summed E-state index contributed by atoms with van der Waals surface area (Å²) in [6, 6.07) is 3.78. The van der Waals surface area contributed by atoms with Gasteiger partial charge in [-0.3, -0.25) is 9.59 Å². The number of benzene rings is 1. The minimum absolute atomic E-state index is 0.0313. The molecule has 2 saturated heterocycles. The van der Waals surface area contributed by atoms with Crippen molar-refractivity contribution in [2.45, 2.75) is 4.90 Å². The zero-order valence-electron chi connectivity index (χ0n) is 14.4. The van der Waals surface area contributed by atoms with Crippen molar-refractivity contribution < 1.29 is 27.1 Å². The Labute approximate surface area is 161 Å². The van der Waals surface area contributed by atoms with Crippen molar-refractivity contribution in [3.63, 3.8) is 0 Å². The SMILES string of the molecule is O=C(C(=O)N1CCN(S(=O)(=O)c2cccc(Cl)c2F)CC1)N1CCOCC1. The number of hydrogen-bond donors (Lipinski definition) is 0. The van der Waals surface area contributed by atoms with Crippen LogP contribution in [0.1, 0.15) is 0 Å². The van der Waals surface area contributed by atoms with Gasteiger partial charge in [0.2, 0.25) is 10.0 Å². The van der Waals surface area contributed by atoms with Crippen LogP contribution in [0.5, 0.6) is 0 Å². The quantitative estimate of drug-likeness (QED) is 0.638. The van der Waals surface area contributed by atoms with E-state index in [0.717, 1.165) is 10.4 Å². The van der Waals surface area contributed by atoms with E-state index in [1.807, 2.05) is 0 Å². The number of amides is 2. The maximum atomic E-state index is 14.1. The molecule has 2 aliphatic heterocycles. The van der Waals surface area contributed by atoms with Gasteiger partial charge in [0, 0.05) is 39.3 Å². The van der Waals surface area contributed by atoms with Gasteiger partial charge in [0.25, 0.3) is 0 Å². The highest BCUT2D eigenvalue weighted by Crippen LogP contribution is 2.25. The third-order valence-electron chi connectivity index (χ3n) is 4.54. The first-order valence-corrected chi connectivity index (χ1v) is 10.2. The molecule has 2 amide bonds. The van der Waals surface area contributed by atoms with Gasteiger partial charge in [-0.1, -0.05) is 17.7 Å². The Hall–Kier alpha value is -1.75. The van der Waals surface area contributed by atoms with E-state index < -0.39 is 32.6 Å². The average Bonchev–Trinajstić information content (AvgIpc) is 2.69. The molecule has 0 N–H and O–H groups in total. The second kappa shape index (κ2) is 8.09. The van der Waals surface area contributed by atoms with E-state index in [2.05, 4.69) is 0 Å². The van der Waals surface area contributed by atoms with E-state index in [9.17, 15) is 22.4 Å². The molecule has 0 aromatic heterocycles. The molecule has 0 bridgehead atoms. The van der Waals surface area contributed by atoms with Crippen molar-refractivity contribution in [2.24, 2.45) is 0 Å². The van der Waals surface area contributed by atoms with Crippen molar-refractivity contribution in [1.82, 2.24) is 14.1 Å². The summed E-state index contributed by atoms with van der Waals surface area (Å²) in [6.07, 6.45) is 0. The summed E-state index contributed by atoms with van der Waals surface area (Å²) in [6.45, 7) is 1.52. The first kappa shape index (κ1) is 20.0. The van der Waals surface area contributed by atoms with E-state index in [1.165, 1.54) is 21.9 Å². The molecule has 2 aliphatic rings. The zero-order chi connectivity index (χ0) is 19.6. The summed E-state index contributed by atoms with van der Waals surface area (Å²) in [5.74, 6) is -2.28. The molecule has 148 valence electrons. The zero-order valence-corrected chi connectivity index (χ0v) is 16.0. The second-order valence-electron chi connectivity index (χ2n) is 6.15. The number of piperazine rings is 1. The molecule has 0 atom stereocenters. The van der Waals surface area contributed by atoms with Crippen molar-refractivity contribution >= 4 is 33.4 Å². The lowest BCUT2D eigenvalue weighted by Crippen LogP contribution is -2.55. The molecule has 11 heteroatoms. The van der Waals surface area contributed by atoms with Crippen LogP contribution in [0, 0.1) is 5.82 Å². The highest BCUT2D eigenvalue weighted by Gasteiger charge is 2.35. The lowest BCUT2D eigenvalue weighted by atomic mass is 10.3. The molecule has 1 aromatic carbocycles. The van der Waals surface area contributed by atoms with Crippen LogP contribution >= 0.6 is 11.6 Å². The van der Waals surface area contributed by atoms with Crippen molar-refractivity contribution in [2.75, 3.05) is 52.5 Å². The Morgan fingerprint density at radius 3 is 2.11 bits per heavy atom. The highest BCUT2D eigenvalue weighted by molar-refractivity contribution is 7.89. The number of morpholine rings is 1. The summed E-state index contributed by atoms with van der Waals surface area (Å²) in [5, 5.41) is -0.277. The number of rotatable bonds is 2. The monoisotopic (exact) mass is 419 g/mol. The normalized spacial score (nSPS) is 19.2. The minimum atomic E-state index is -4.08. The minimum Gasteiger partial charge on any atom is -0.378 e. The van der Waals surface area contributed by atoms with Crippen LogP contribution < -0.4 is 0 Å². The van der Waals surface area contributed by atoms with E-state index >= 15 is 0 Å². The fraction of sp³-hybridized carbons (Fsp3) is 0.500. The standard InChI is InChI=1S/C16H19ClFN3O5S/c17-12-2-1-3-13(14(12)18)27(24,25)21-6-4-19(5-7-21)15(22)16(23)20-8-10-26-11-9-20/h1-3H,4-11H2. The first-order chi connectivity index (χ1) is 12.8. The van der Waals surface area contributed by atoms with Gasteiger partial charge in [-0.25, -0.2) is 12.8 Å². The van der Waals surface area contributed by atoms with E-state index in [-0.39, 0.29) is 31.2 Å². The van der Waals surface area contributed by atoms with Crippen LogP contribution in [0.3, 0.4) is 0 Å². The summed E-state index contributed by atoms with van der Waals surface area (Å²) >= 11 is 5.67. The third kappa shape index (κ3) is 4.08. The van der Waals surface area contributed by atoms with Gasteiger partial charge >= 0.3 is 11.8 Å². The second-order valence-corrected chi connectivity index (χ2v) is 8.47. The Morgan fingerprint density at radius 1 is 0.963 bits per heavy atom. The molecular formula is C16H19ClFN3O5S. The summed E-state index contributed by atoms with van der Waals surface area (Å²) in [7, 11) is -4.08. The summed E-state index contributed by atoms with van der Waals surface area (Å²) in [5.41, 5.74) is 0. The Bertz CT molecular complexity index is 836. The largest absolute Gasteiger partial charge is 0.378 e. The molecule has 0 spiro atoms. The number of ether oxygens (including phenoxy) is 1. The molecule has 0 saturated carbocycles. The molecule has 8 nitrogen and oxygen atoms in total.